The van der Waals surface area contributed by atoms with Crippen molar-refractivity contribution in [3.63, 3.8) is 0 Å². The highest BCUT2D eigenvalue weighted by atomic mass is 35.5. The van der Waals surface area contributed by atoms with E-state index < -0.39 is 21.7 Å². The Bertz CT molecular complexity index is 1640. The molecular formula is C27H26ClN4O5S+. The minimum atomic E-state index is -4.20. The Balaban J connectivity index is 1.88. The van der Waals surface area contributed by atoms with Gasteiger partial charge in [-0.1, -0.05) is 28.4 Å². The predicted octanol–water partition coefficient (Wildman–Crippen LogP) is 4.18. The number of pyridine rings is 1. The summed E-state index contributed by atoms with van der Waals surface area (Å²) in [7, 11) is -2.51. The number of ketones is 1. The van der Waals surface area contributed by atoms with Crippen molar-refractivity contribution >= 4 is 44.9 Å². The molecule has 0 bridgehead atoms. The second-order valence-corrected chi connectivity index (χ2v) is 10.8. The van der Waals surface area contributed by atoms with Crippen LogP contribution in [0.1, 0.15) is 43.2 Å². The first-order chi connectivity index (χ1) is 17.9. The molecule has 0 aliphatic heterocycles. The average Bonchev–Trinajstić information content (AvgIpc) is 3.39. The van der Waals surface area contributed by atoms with Crippen molar-refractivity contribution in [2.24, 2.45) is 5.14 Å². The van der Waals surface area contributed by atoms with Crippen LogP contribution in [0.3, 0.4) is 0 Å². The first-order valence-corrected chi connectivity index (χ1v) is 13.4. The maximum atomic E-state index is 13.7. The number of furan rings is 1. The van der Waals surface area contributed by atoms with Gasteiger partial charge in [-0.3, -0.25) is 9.59 Å². The lowest BCUT2D eigenvalue weighted by molar-refractivity contribution is -0.654. The molecule has 0 aliphatic rings. The number of aromatic nitrogens is 1. The molecule has 2 aromatic carbocycles. The van der Waals surface area contributed by atoms with Crippen LogP contribution in [0.4, 0.5) is 11.6 Å². The Morgan fingerprint density at radius 2 is 1.61 bits per heavy atom. The molecule has 9 nitrogen and oxygen atoms in total. The molecule has 0 fully saturated rings. The number of carbonyl (C=O) groups is 2. The van der Waals surface area contributed by atoms with E-state index in [4.69, 9.17) is 21.2 Å². The smallest absolute Gasteiger partial charge is 0.307 e. The van der Waals surface area contributed by atoms with Crippen LogP contribution in [0.2, 0.25) is 5.02 Å². The summed E-state index contributed by atoms with van der Waals surface area (Å²) in [6, 6.07) is 15.6. The van der Waals surface area contributed by atoms with Crippen molar-refractivity contribution in [3.05, 3.63) is 106 Å². The second-order valence-electron chi connectivity index (χ2n) is 8.82. The molecule has 0 saturated heterocycles. The first-order valence-electron chi connectivity index (χ1n) is 11.5. The van der Waals surface area contributed by atoms with Gasteiger partial charge in [-0.2, -0.15) is 0 Å². The van der Waals surface area contributed by atoms with Crippen LogP contribution in [0.15, 0.2) is 76.2 Å². The van der Waals surface area contributed by atoms with Crippen LogP contribution in [0, 0.1) is 20.8 Å². The fourth-order valence-corrected chi connectivity index (χ4v) is 5.25. The maximum Gasteiger partial charge on any atom is 0.307 e. The van der Waals surface area contributed by atoms with E-state index in [1.807, 2.05) is 32.9 Å². The van der Waals surface area contributed by atoms with Gasteiger partial charge in [0.1, 0.15) is 0 Å². The van der Waals surface area contributed by atoms with Crippen LogP contribution < -0.4 is 20.1 Å². The number of nitrogens with two attached hydrogens (primary N) is 1. The summed E-state index contributed by atoms with van der Waals surface area (Å²) in [4.78, 5) is 28.5. The summed E-state index contributed by atoms with van der Waals surface area (Å²) in [5.41, 5.74) is 5.75. The number of hydrogen-bond donors (Lipinski definition) is 2. The first kappa shape index (κ1) is 27.1. The summed E-state index contributed by atoms with van der Waals surface area (Å²) in [5.74, 6) is -0.788. The molecular weight excluding hydrogens is 528 g/mol. The molecule has 2 aromatic heterocycles. The summed E-state index contributed by atoms with van der Waals surface area (Å²) < 4.78 is 31.4. The van der Waals surface area contributed by atoms with Crippen LogP contribution in [-0.2, 0) is 10.0 Å². The number of rotatable bonds is 7. The number of sulfonamides is 1. The average molecular weight is 554 g/mol. The van der Waals surface area contributed by atoms with E-state index in [9.17, 15) is 18.0 Å². The van der Waals surface area contributed by atoms with Gasteiger partial charge in [0, 0.05) is 50.2 Å². The molecule has 0 spiro atoms. The van der Waals surface area contributed by atoms with Crippen LogP contribution in [0.25, 0.3) is 0 Å². The lowest BCUT2D eigenvalue weighted by atomic mass is 9.99. The highest BCUT2D eigenvalue weighted by Crippen LogP contribution is 2.34. The number of amides is 1. The van der Waals surface area contributed by atoms with Gasteiger partial charge in [-0.05, 0) is 42.8 Å². The molecule has 0 unspecified atom stereocenters. The Labute approximate surface area is 225 Å². The molecule has 0 atom stereocenters. The second kappa shape index (κ2) is 10.4. The Kier molecular flexibility index (Phi) is 7.41. The molecule has 4 rings (SSSR count). The van der Waals surface area contributed by atoms with Crippen molar-refractivity contribution in [1.29, 1.82) is 0 Å². The Hall–Kier alpha value is -3.99. The Morgan fingerprint density at radius 1 is 0.947 bits per heavy atom. The number of anilines is 2. The number of nitrogens with zero attached hydrogens (tertiary/aromatic N) is 2. The predicted molar refractivity (Wildman–Crippen MR) is 144 cm³/mol. The molecule has 38 heavy (non-hydrogen) atoms. The van der Waals surface area contributed by atoms with Crippen molar-refractivity contribution in [2.75, 3.05) is 17.4 Å². The van der Waals surface area contributed by atoms with E-state index in [0.29, 0.717) is 11.6 Å². The van der Waals surface area contributed by atoms with Gasteiger partial charge in [-0.25, -0.2) is 13.6 Å². The molecule has 2 heterocycles. The topological polar surface area (TPSA) is 127 Å². The molecule has 4 aromatic rings. The van der Waals surface area contributed by atoms with E-state index in [2.05, 4.69) is 5.43 Å². The van der Waals surface area contributed by atoms with Gasteiger partial charge < -0.3 is 9.32 Å². The van der Waals surface area contributed by atoms with Gasteiger partial charge in [0.25, 0.3) is 0 Å². The van der Waals surface area contributed by atoms with Crippen LogP contribution >= 0.6 is 11.6 Å². The SMILES string of the molecule is Cc1cc(C)[n+](NC(=O)c2cc(C(=O)c3ccccc3S(N)(=O)=O)c(Cl)cc2N(C)c2ccco2)c(C)c1. The third kappa shape index (κ3) is 5.33. The van der Waals surface area contributed by atoms with E-state index in [-0.39, 0.29) is 26.6 Å². The molecule has 196 valence electrons. The minimum absolute atomic E-state index is 0.0135. The third-order valence-electron chi connectivity index (χ3n) is 6.00. The van der Waals surface area contributed by atoms with Gasteiger partial charge in [0.2, 0.25) is 21.4 Å². The molecule has 0 saturated carbocycles. The fraction of sp³-hybridized carbons (Fsp3) is 0.148. The molecule has 0 radical (unpaired) electrons. The zero-order valence-electron chi connectivity index (χ0n) is 21.2. The summed E-state index contributed by atoms with van der Waals surface area (Å²) >= 11 is 6.56. The van der Waals surface area contributed by atoms with Crippen LogP contribution in [-0.4, -0.2) is 27.2 Å². The number of carbonyl (C=O) groups excluding carboxylic acids is 2. The normalized spacial score (nSPS) is 11.3. The van der Waals surface area contributed by atoms with Crippen molar-refractivity contribution in [3.8, 4) is 0 Å². The zero-order valence-corrected chi connectivity index (χ0v) is 22.7. The standard InChI is InChI=1S/C27H25ClN4O5S/c1-16-12-17(2)32(18(3)13-16)30-27(34)21-14-20(22(28)15-23(21)31(4)25-10-7-11-37-25)26(33)19-8-5-6-9-24(19)38(29,35)36/h5-15H,1-4H3,(H2-,29,30,34,35,36)/p+1. The molecule has 3 N–H and O–H groups in total. The lowest BCUT2D eigenvalue weighted by Crippen LogP contribution is -2.53. The summed E-state index contributed by atoms with van der Waals surface area (Å²) in [5, 5.41) is 5.35. The van der Waals surface area contributed by atoms with Gasteiger partial charge in [0.05, 0.1) is 27.4 Å². The molecule has 11 heteroatoms. The fourth-order valence-electron chi connectivity index (χ4n) is 4.27. The quantitative estimate of drug-likeness (QED) is 0.261. The van der Waals surface area contributed by atoms with Crippen LogP contribution in [0.5, 0.6) is 0 Å². The third-order valence-corrected chi connectivity index (χ3v) is 7.28. The minimum Gasteiger partial charge on any atom is -0.448 e. The van der Waals surface area contributed by atoms with E-state index in [1.54, 1.807) is 28.8 Å². The van der Waals surface area contributed by atoms with E-state index in [0.717, 1.165) is 17.0 Å². The molecule has 1 amide bonds. The Morgan fingerprint density at radius 3 is 2.21 bits per heavy atom. The number of nitrogens with one attached hydrogen (secondary N) is 1. The summed E-state index contributed by atoms with van der Waals surface area (Å²) in [6.07, 6.45) is 1.49. The van der Waals surface area contributed by atoms with Gasteiger partial charge in [0.15, 0.2) is 11.7 Å². The monoisotopic (exact) mass is 553 g/mol. The zero-order chi connectivity index (χ0) is 27.8. The summed E-state index contributed by atoms with van der Waals surface area (Å²) in [6.45, 7) is 5.67. The van der Waals surface area contributed by atoms with Crippen molar-refractivity contribution in [2.45, 2.75) is 25.7 Å². The van der Waals surface area contributed by atoms with Gasteiger partial charge in [-0.15, -0.1) is 5.43 Å². The van der Waals surface area contributed by atoms with Crippen molar-refractivity contribution < 1.29 is 27.1 Å². The number of halogens is 1. The molecule has 0 aliphatic carbocycles. The maximum absolute atomic E-state index is 13.7. The number of benzene rings is 2. The highest BCUT2D eigenvalue weighted by molar-refractivity contribution is 7.89. The number of hydrogen-bond acceptors (Lipinski definition) is 6. The largest absolute Gasteiger partial charge is 0.448 e. The lowest BCUT2D eigenvalue weighted by Gasteiger charge is -2.21. The number of primary sulfonamides is 1. The van der Waals surface area contributed by atoms with Crippen molar-refractivity contribution in [1.82, 2.24) is 0 Å². The van der Waals surface area contributed by atoms with E-state index >= 15 is 0 Å². The highest BCUT2D eigenvalue weighted by Gasteiger charge is 2.28. The number of aryl methyl sites for hydroxylation is 3. The van der Waals surface area contributed by atoms with Gasteiger partial charge >= 0.3 is 5.91 Å². The van der Waals surface area contributed by atoms with E-state index in [1.165, 1.54) is 42.7 Å².